The van der Waals surface area contributed by atoms with Gasteiger partial charge in [0, 0.05) is 50.0 Å². The SMILES string of the molecule is Cn1nnnc1SCCNCc1cn(C)c2ccccc12. The molecule has 0 spiro atoms. The second-order valence-corrected chi connectivity index (χ2v) is 5.95. The Morgan fingerprint density at radius 1 is 1.24 bits per heavy atom. The quantitative estimate of drug-likeness (QED) is 0.553. The van der Waals surface area contributed by atoms with E-state index in [4.69, 9.17) is 0 Å². The number of benzene rings is 1. The van der Waals surface area contributed by atoms with E-state index in [0.717, 1.165) is 24.0 Å². The van der Waals surface area contributed by atoms with Gasteiger partial charge >= 0.3 is 0 Å². The lowest BCUT2D eigenvalue weighted by Gasteiger charge is -2.03. The summed E-state index contributed by atoms with van der Waals surface area (Å²) in [7, 11) is 3.94. The van der Waals surface area contributed by atoms with Gasteiger partial charge in [-0.25, -0.2) is 4.68 Å². The van der Waals surface area contributed by atoms with Crippen LogP contribution in [0, 0.1) is 0 Å². The molecule has 6 nitrogen and oxygen atoms in total. The molecule has 0 aliphatic rings. The van der Waals surface area contributed by atoms with Gasteiger partial charge in [-0.15, -0.1) is 5.10 Å². The first-order valence-corrected chi connectivity index (χ1v) is 7.83. The number of para-hydroxylation sites is 1. The van der Waals surface area contributed by atoms with E-state index in [-0.39, 0.29) is 0 Å². The van der Waals surface area contributed by atoms with Gasteiger partial charge in [0.25, 0.3) is 0 Å². The van der Waals surface area contributed by atoms with Crippen molar-refractivity contribution in [3.63, 3.8) is 0 Å². The summed E-state index contributed by atoms with van der Waals surface area (Å²) in [5.74, 6) is 0.943. The first kappa shape index (κ1) is 14.1. The van der Waals surface area contributed by atoms with E-state index in [1.807, 2.05) is 7.05 Å². The van der Waals surface area contributed by atoms with Crippen molar-refractivity contribution in [3.8, 4) is 0 Å². The molecule has 3 aromatic rings. The molecule has 0 amide bonds. The van der Waals surface area contributed by atoms with Crippen LogP contribution in [0.4, 0.5) is 0 Å². The number of fused-ring (bicyclic) bond motifs is 1. The lowest BCUT2D eigenvalue weighted by molar-refractivity contribution is 0.663. The average molecular weight is 302 g/mol. The fourth-order valence-corrected chi connectivity index (χ4v) is 3.09. The van der Waals surface area contributed by atoms with E-state index in [1.54, 1.807) is 16.4 Å². The van der Waals surface area contributed by atoms with Gasteiger partial charge in [-0.2, -0.15) is 0 Å². The van der Waals surface area contributed by atoms with Crippen molar-refractivity contribution >= 4 is 22.7 Å². The highest BCUT2D eigenvalue weighted by atomic mass is 32.2. The van der Waals surface area contributed by atoms with Crippen LogP contribution < -0.4 is 5.32 Å². The van der Waals surface area contributed by atoms with E-state index >= 15 is 0 Å². The molecule has 110 valence electrons. The third-order valence-corrected chi connectivity index (χ3v) is 4.40. The number of nitrogens with one attached hydrogen (secondary N) is 1. The largest absolute Gasteiger partial charge is 0.350 e. The van der Waals surface area contributed by atoms with Gasteiger partial charge in [-0.3, -0.25) is 0 Å². The summed E-state index contributed by atoms with van der Waals surface area (Å²) in [4.78, 5) is 0. The fraction of sp³-hybridized carbons (Fsp3) is 0.357. The Balaban J connectivity index is 1.52. The Bertz CT molecular complexity index is 732. The first-order valence-electron chi connectivity index (χ1n) is 6.84. The number of tetrazole rings is 1. The predicted molar refractivity (Wildman–Crippen MR) is 84.1 cm³/mol. The second kappa shape index (κ2) is 6.28. The van der Waals surface area contributed by atoms with Crippen LogP contribution in [0.1, 0.15) is 5.56 Å². The van der Waals surface area contributed by atoms with Crippen molar-refractivity contribution in [1.82, 2.24) is 30.1 Å². The van der Waals surface area contributed by atoms with Crippen molar-refractivity contribution in [2.75, 3.05) is 12.3 Å². The summed E-state index contributed by atoms with van der Waals surface area (Å²) < 4.78 is 3.86. The van der Waals surface area contributed by atoms with Crippen LogP contribution in [0.25, 0.3) is 10.9 Å². The molecule has 0 radical (unpaired) electrons. The third kappa shape index (κ3) is 3.08. The Morgan fingerprint density at radius 3 is 2.90 bits per heavy atom. The zero-order valence-corrected chi connectivity index (χ0v) is 13.0. The van der Waals surface area contributed by atoms with Crippen molar-refractivity contribution in [2.24, 2.45) is 14.1 Å². The molecular weight excluding hydrogens is 284 g/mol. The monoisotopic (exact) mass is 302 g/mol. The van der Waals surface area contributed by atoms with Crippen molar-refractivity contribution in [2.45, 2.75) is 11.7 Å². The van der Waals surface area contributed by atoms with E-state index in [0.29, 0.717) is 0 Å². The smallest absolute Gasteiger partial charge is 0.209 e. The Labute approximate surface area is 127 Å². The van der Waals surface area contributed by atoms with E-state index < -0.39 is 0 Å². The standard InChI is InChI=1S/C14H18N6S/c1-19-10-11(12-5-3-4-6-13(12)19)9-15-7-8-21-14-16-17-18-20(14)2/h3-6,10,15H,7-9H2,1-2H3. The highest BCUT2D eigenvalue weighted by molar-refractivity contribution is 7.99. The molecule has 3 rings (SSSR count). The normalized spacial score (nSPS) is 11.3. The zero-order chi connectivity index (χ0) is 14.7. The molecule has 1 N–H and O–H groups in total. The zero-order valence-electron chi connectivity index (χ0n) is 12.2. The molecule has 0 saturated heterocycles. The maximum atomic E-state index is 3.95. The van der Waals surface area contributed by atoms with Gasteiger partial charge in [0.15, 0.2) is 0 Å². The molecule has 0 aliphatic carbocycles. The van der Waals surface area contributed by atoms with Gasteiger partial charge in [0.2, 0.25) is 5.16 Å². The number of aryl methyl sites for hydroxylation is 2. The molecule has 0 bridgehead atoms. The van der Waals surface area contributed by atoms with Crippen LogP contribution in [0.5, 0.6) is 0 Å². The highest BCUT2D eigenvalue weighted by Crippen LogP contribution is 2.20. The number of thioether (sulfide) groups is 1. The third-order valence-electron chi connectivity index (χ3n) is 3.39. The van der Waals surface area contributed by atoms with Gasteiger partial charge in [0.05, 0.1) is 0 Å². The maximum absolute atomic E-state index is 3.95. The Hall–Kier alpha value is -1.86. The van der Waals surface area contributed by atoms with Crippen LogP contribution in [0.15, 0.2) is 35.6 Å². The fourth-order valence-electron chi connectivity index (χ4n) is 2.35. The van der Waals surface area contributed by atoms with E-state index in [2.05, 4.69) is 62.9 Å². The van der Waals surface area contributed by atoms with Crippen molar-refractivity contribution < 1.29 is 0 Å². The second-order valence-electron chi connectivity index (χ2n) is 4.89. The molecule has 2 aromatic heterocycles. The van der Waals surface area contributed by atoms with Crippen LogP contribution in [0.2, 0.25) is 0 Å². The summed E-state index contributed by atoms with van der Waals surface area (Å²) in [6, 6.07) is 8.48. The number of nitrogens with zero attached hydrogens (tertiary/aromatic N) is 5. The van der Waals surface area contributed by atoms with Crippen molar-refractivity contribution in [3.05, 3.63) is 36.0 Å². The van der Waals surface area contributed by atoms with Crippen LogP contribution in [-0.4, -0.2) is 37.1 Å². The van der Waals surface area contributed by atoms with Gasteiger partial charge in [-0.1, -0.05) is 30.0 Å². The number of hydrogen-bond acceptors (Lipinski definition) is 5. The molecule has 0 unspecified atom stereocenters. The minimum atomic E-state index is 0.849. The lowest BCUT2D eigenvalue weighted by atomic mass is 10.2. The summed E-state index contributed by atoms with van der Waals surface area (Å²) in [6.45, 7) is 1.79. The minimum Gasteiger partial charge on any atom is -0.350 e. The van der Waals surface area contributed by atoms with E-state index in [9.17, 15) is 0 Å². The molecule has 0 saturated carbocycles. The molecule has 0 atom stereocenters. The molecule has 0 aliphatic heterocycles. The van der Waals surface area contributed by atoms with Crippen molar-refractivity contribution in [1.29, 1.82) is 0 Å². The summed E-state index contributed by atoms with van der Waals surface area (Å²) in [6.07, 6.45) is 2.19. The molecule has 7 heteroatoms. The van der Waals surface area contributed by atoms with Gasteiger partial charge in [-0.05, 0) is 22.1 Å². The highest BCUT2D eigenvalue weighted by Gasteiger charge is 2.05. The van der Waals surface area contributed by atoms with Crippen LogP contribution >= 0.6 is 11.8 Å². The number of aromatic nitrogens is 5. The Kier molecular flexibility index (Phi) is 4.21. The molecular formula is C14H18N6S. The van der Waals surface area contributed by atoms with Crippen LogP contribution in [0.3, 0.4) is 0 Å². The lowest BCUT2D eigenvalue weighted by Crippen LogP contribution is -2.16. The van der Waals surface area contributed by atoms with Gasteiger partial charge in [0.1, 0.15) is 0 Å². The summed E-state index contributed by atoms with van der Waals surface area (Å²) in [5, 5.41) is 17.0. The van der Waals surface area contributed by atoms with Crippen LogP contribution in [-0.2, 0) is 20.6 Å². The molecule has 2 heterocycles. The summed E-state index contributed by atoms with van der Waals surface area (Å²) in [5.41, 5.74) is 2.60. The molecule has 1 aromatic carbocycles. The predicted octanol–water partition coefficient (Wildman–Crippen LogP) is 1.58. The van der Waals surface area contributed by atoms with Gasteiger partial charge < -0.3 is 9.88 Å². The number of rotatable bonds is 6. The molecule has 0 fully saturated rings. The Morgan fingerprint density at radius 2 is 2.10 bits per heavy atom. The molecule has 21 heavy (non-hydrogen) atoms. The topological polar surface area (TPSA) is 60.6 Å². The average Bonchev–Trinajstić information content (AvgIpc) is 3.04. The van der Waals surface area contributed by atoms with E-state index in [1.165, 1.54) is 16.5 Å². The maximum Gasteiger partial charge on any atom is 0.209 e. The number of hydrogen-bond donors (Lipinski definition) is 1. The summed E-state index contributed by atoms with van der Waals surface area (Å²) >= 11 is 1.66. The minimum absolute atomic E-state index is 0.849. The first-order chi connectivity index (χ1) is 10.3.